The maximum atomic E-state index is 13.8. The van der Waals surface area contributed by atoms with Gasteiger partial charge in [-0.1, -0.05) is 18.6 Å². The molecular formula is C17H20F2N2O3. The molecule has 3 rings (SSSR count). The summed E-state index contributed by atoms with van der Waals surface area (Å²) in [6.45, 7) is 2.12. The predicted molar refractivity (Wildman–Crippen MR) is 82.3 cm³/mol. The van der Waals surface area contributed by atoms with E-state index >= 15 is 0 Å². The van der Waals surface area contributed by atoms with E-state index in [2.05, 4.69) is 5.32 Å². The number of hydrogen-bond donors (Lipinski definition) is 2. The second-order valence-corrected chi connectivity index (χ2v) is 6.75. The minimum Gasteiger partial charge on any atom is -0.481 e. The fourth-order valence-electron chi connectivity index (χ4n) is 4.00. The van der Waals surface area contributed by atoms with Crippen LogP contribution in [0.3, 0.4) is 0 Å². The molecule has 1 saturated carbocycles. The van der Waals surface area contributed by atoms with E-state index in [0.717, 1.165) is 18.9 Å². The molecule has 1 unspecified atom stereocenters. The Hall–Kier alpha value is -2.18. The molecule has 24 heavy (non-hydrogen) atoms. The van der Waals surface area contributed by atoms with Crippen molar-refractivity contribution >= 4 is 12.0 Å². The molecule has 130 valence electrons. The van der Waals surface area contributed by atoms with Crippen molar-refractivity contribution in [3.8, 4) is 0 Å². The lowest BCUT2D eigenvalue weighted by Crippen LogP contribution is -2.42. The molecule has 1 aliphatic carbocycles. The van der Waals surface area contributed by atoms with E-state index < -0.39 is 35.1 Å². The third kappa shape index (κ3) is 2.61. The quantitative estimate of drug-likeness (QED) is 0.890. The molecule has 0 bridgehead atoms. The van der Waals surface area contributed by atoms with Crippen LogP contribution in [0.25, 0.3) is 0 Å². The predicted octanol–water partition coefficient (Wildman–Crippen LogP) is 2.92. The Morgan fingerprint density at radius 1 is 1.42 bits per heavy atom. The number of nitrogens with zero attached hydrogens (tertiary/aromatic N) is 1. The fourth-order valence-corrected chi connectivity index (χ4v) is 4.00. The zero-order valence-electron chi connectivity index (χ0n) is 13.4. The first-order chi connectivity index (χ1) is 11.3. The van der Waals surface area contributed by atoms with Gasteiger partial charge in [0.1, 0.15) is 0 Å². The third-order valence-electron chi connectivity index (χ3n) is 5.37. The van der Waals surface area contributed by atoms with E-state index in [9.17, 15) is 23.5 Å². The van der Waals surface area contributed by atoms with Gasteiger partial charge in [-0.2, -0.15) is 0 Å². The number of amides is 2. The van der Waals surface area contributed by atoms with Gasteiger partial charge in [-0.25, -0.2) is 13.6 Å². The molecule has 5 nitrogen and oxygen atoms in total. The van der Waals surface area contributed by atoms with Gasteiger partial charge in [-0.05, 0) is 31.7 Å². The van der Waals surface area contributed by atoms with Crippen LogP contribution in [0.15, 0.2) is 18.2 Å². The molecule has 2 aliphatic rings. The molecule has 0 spiro atoms. The minimum atomic E-state index is -0.981. The second kappa shape index (κ2) is 6.03. The first-order valence-electron chi connectivity index (χ1n) is 8.08. The van der Waals surface area contributed by atoms with E-state index in [1.165, 1.54) is 17.0 Å². The van der Waals surface area contributed by atoms with Gasteiger partial charge >= 0.3 is 12.0 Å². The normalized spacial score (nSPS) is 27.0. The summed E-state index contributed by atoms with van der Waals surface area (Å²) < 4.78 is 27.1. The van der Waals surface area contributed by atoms with Crippen molar-refractivity contribution < 1.29 is 23.5 Å². The van der Waals surface area contributed by atoms with Crippen molar-refractivity contribution in [1.82, 2.24) is 10.2 Å². The van der Waals surface area contributed by atoms with E-state index in [0.29, 0.717) is 13.0 Å². The summed E-state index contributed by atoms with van der Waals surface area (Å²) in [7, 11) is 0. The Bertz CT molecular complexity index is 682. The Morgan fingerprint density at radius 3 is 2.83 bits per heavy atom. The van der Waals surface area contributed by atoms with Gasteiger partial charge in [0.25, 0.3) is 0 Å². The lowest BCUT2D eigenvalue weighted by atomic mass is 9.81. The molecule has 1 aromatic rings. The van der Waals surface area contributed by atoms with Crippen molar-refractivity contribution in [2.45, 2.75) is 32.2 Å². The molecule has 1 saturated heterocycles. The van der Waals surface area contributed by atoms with Gasteiger partial charge < -0.3 is 15.3 Å². The van der Waals surface area contributed by atoms with Gasteiger partial charge in [0.15, 0.2) is 11.6 Å². The summed E-state index contributed by atoms with van der Waals surface area (Å²) in [5, 5.41) is 12.2. The van der Waals surface area contributed by atoms with Crippen LogP contribution in [0.2, 0.25) is 0 Å². The zero-order chi connectivity index (χ0) is 17.5. The number of carbonyl (C=O) groups excluding carboxylic acids is 1. The average Bonchev–Trinajstić information content (AvgIpc) is 3.07. The largest absolute Gasteiger partial charge is 0.481 e. The number of carboxylic acid groups (broad SMARTS) is 1. The van der Waals surface area contributed by atoms with Crippen LogP contribution in [0, 0.1) is 23.0 Å². The first kappa shape index (κ1) is 16.7. The minimum absolute atomic E-state index is 0.0399. The summed E-state index contributed by atoms with van der Waals surface area (Å²) in [6.07, 6.45) is 2.23. The van der Waals surface area contributed by atoms with E-state index in [1.54, 1.807) is 6.92 Å². The molecule has 1 heterocycles. The van der Waals surface area contributed by atoms with Crippen molar-refractivity contribution in [2.75, 3.05) is 13.1 Å². The second-order valence-electron chi connectivity index (χ2n) is 6.75. The van der Waals surface area contributed by atoms with Crippen LogP contribution in [-0.2, 0) is 4.79 Å². The maximum Gasteiger partial charge on any atom is 0.317 e. The number of carboxylic acids is 1. The van der Waals surface area contributed by atoms with Crippen molar-refractivity contribution in [3.63, 3.8) is 0 Å². The number of aliphatic carboxylic acids is 1. The zero-order valence-corrected chi connectivity index (χ0v) is 13.4. The van der Waals surface area contributed by atoms with Crippen molar-refractivity contribution in [1.29, 1.82) is 0 Å². The summed E-state index contributed by atoms with van der Waals surface area (Å²) in [4.78, 5) is 25.6. The number of benzene rings is 1. The number of halogens is 2. The summed E-state index contributed by atoms with van der Waals surface area (Å²) in [5.41, 5.74) is -0.791. The number of rotatable bonds is 3. The van der Waals surface area contributed by atoms with Crippen molar-refractivity contribution in [2.24, 2.45) is 11.3 Å². The Labute approximate surface area is 138 Å². The average molecular weight is 338 g/mol. The fraction of sp³-hybridized carbons (Fsp3) is 0.529. The molecular weight excluding hydrogens is 318 g/mol. The molecule has 1 aromatic carbocycles. The number of hydrogen-bond acceptors (Lipinski definition) is 2. The van der Waals surface area contributed by atoms with Gasteiger partial charge in [-0.3, -0.25) is 4.79 Å². The standard InChI is InChI=1S/C17H20F2N2O3/c1-10(12-5-2-6-13(18)14(12)19)20-16(24)21-8-11-4-3-7-17(11,9-21)15(22)23/h2,5-6,10-11H,3-4,7-9H2,1H3,(H,20,24)(H,22,23)/t10?,11-,17+/m0/s1. The number of urea groups is 1. The summed E-state index contributed by atoms with van der Waals surface area (Å²) in [5.74, 6) is -2.84. The topological polar surface area (TPSA) is 69.6 Å². The van der Waals surface area contributed by atoms with Crippen molar-refractivity contribution in [3.05, 3.63) is 35.4 Å². The van der Waals surface area contributed by atoms with Gasteiger partial charge in [0.05, 0.1) is 11.5 Å². The van der Waals surface area contributed by atoms with Crippen LogP contribution in [0.1, 0.15) is 37.8 Å². The first-order valence-corrected chi connectivity index (χ1v) is 8.08. The van der Waals surface area contributed by atoms with E-state index in [1.807, 2.05) is 0 Å². The maximum absolute atomic E-state index is 13.8. The number of fused-ring (bicyclic) bond motifs is 1. The lowest BCUT2D eigenvalue weighted by molar-refractivity contribution is -0.149. The molecule has 1 aliphatic heterocycles. The Morgan fingerprint density at radius 2 is 2.17 bits per heavy atom. The SMILES string of the molecule is CC(NC(=O)N1C[C@@H]2CCC[C@@]2(C(=O)O)C1)c1cccc(F)c1F. The molecule has 2 fully saturated rings. The van der Waals surface area contributed by atoms with Crippen LogP contribution < -0.4 is 5.32 Å². The van der Waals surface area contributed by atoms with Crippen LogP contribution >= 0.6 is 0 Å². The number of likely N-dealkylation sites (tertiary alicyclic amines) is 1. The highest BCUT2D eigenvalue weighted by molar-refractivity contribution is 5.80. The highest BCUT2D eigenvalue weighted by atomic mass is 19.2. The van der Waals surface area contributed by atoms with Gasteiger partial charge in [0.2, 0.25) is 0 Å². The Balaban J connectivity index is 1.70. The molecule has 0 aromatic heterocycles. The van der Waals surface area contributed by atoms with E-state index in [-0.39, 0.29) is 18.0 Å². The molecule has 2 amide bonds. The van der Waals surface area contributed by atoms with Gasteiger partial charge in [-0.15, -0.1) is 0 Å². The van der Waals surface area contributed by atoms with Gasteiger partial charge in [0, 0.05) is 18.7 Å². The van der Waals surface area contributed by atoms with E-state index in [4.69, 9.17) is 0 Å². The molecule has 0 radical (unpaired) electrons. The third-order valence-corrected chi connectivity index (χ3v) is 5.37. The monoisotopic (exact) mass is 338 g/mol. The summed E-state index contributed by atoms with van der Waals surface area (Å²) >= 11 is 0. The Kier molecular flexibility index (Phi) is 4.19. The highest BCUT2D eigenvalue weighted by Gasteiger charge is 2.55. The summed E-state index contributed by atoms with van der Waals surface area (Å²) in [6, 6.07) is 2.67. The number of carbonyl (C=O) groups is 2. The molecule has 2 N–H and O–H groups in total. The lowest BCUT2D eigenvalue weighted by Gasteiger charge is -2.24. The van der Waals surface area contributed by atoms with Crippen LogP contribution in [-0.4, -0.2) is 35.1 Å². The van der Waals surface area contributed by atoms with Crippen LogP contribution in [0.4, 0.5) is 13.6 Å². The molecule has 7 heteroatoms. The highest BCUT2D eigenvalue weighted by Crippen LogP contribution is 2.48. The number of nitrogens with one attached hydrogen (secondary N) is 1. The van der Waals surface area contributed by atoms with Crippen LogP contribution in [0.5, 0.6) is 0 Å². The smallest absolute Gasteiger partial charge is 0.317 e. The molecule has 3 atom stereocenters.